The average molecular weight is 1850 g/mol. The van der Waals surface area contributed by atoms with E-state index in [2.05, 4.69) is 337 Å². The summed E-state index contributed by atoms with van der Waals surface area (Å²) in [7, 11) is 0. The van der Waals surface area contributed by atoms with Gasteiger partial charge < -0.3 is 33.2 Å². The first-order valence-electron chi connectivity index (χ1n) is 46.9. The van der Waals surface area contributed by atoms with Crippen LogP contribution in [-0.2, 0) is 37.9 Å². The van der Waals surface area contributed by atoms with Gasteiger partial charge in [0.2, 0.25) is 0 Å². The fourth-order valence-corrected chi connectivity index (χ4v) is 13.4. The fourth-order valence-electron chi connectivity index (χ4n) is 13.2. The van der Waals surface area contributed by atoms with E-state index in [-0.39, 0.29) is 55.3 Å². The summed E-state index contributed by atoms with van der Waals surface area (Å²) in [6, 6.07) is 80.2. The molecule has 14 aromatic rings. The second kappa shape index (κ2) is 46.9. The van der Waals surface area contributed by atoms with Gasteiger partial charge in [0.1, 0.15) is 80.6 Å². The summed E-state index contributed by atoms with van der Waals surface area (Å²) < 4.78 is 68.7. The summed E-state index contributed by atoms with van der Waals surface area (Å²) >= 11 is 6.14. The quantitative estimate of drug-likeness (QED) is 0.105. The van der Waals surface area contributed by atoms with Gasteiger partial charge in [-0.05, 0) is 345 Å². The minimum Gasteiger partial charge on any atom is -0.457 e. The summed E-state index contributed by atoms with van der Waals surface area (Å²) in [4.78, 5) is 12.5. The van der Waals surface area contributed by atoms with Crippen LogP contribution in [0, 0.1) is 109 Å². The predicted molar refractivity (Wildman–Crippen MR) is 566 cm³/mol. The molecule has 3 aromatic heterocycles. The molecule has 0 spiro atoms. The Bertz CT molecular complexity index is 5590. The molecule has 13 heteroatoms. The largest absolute Gasteiger partial charge is 0.457 e. The molecular formula is C123H148ClF2N3O7. The number of halogens is 3. The standard InChI is InChI=1S/C19H24O.C18H21ClO.C18H22O.C17H20FNO.C17H19FO.2C17H21NO/c1-13-8-10-17(11-15(13)3)20-18-12-16(19(4,5)6)9-7-14(18)2;1-12-7-9-15(11-16(12)19)20-17-10-14(18(3,4)5)8-6-13(17)2;1-13-6-10-16(11-7-13)19-17-12-15(18(3,4)5)9-8-14(17)2;1-11-6-7-13(17(3,4)5)8-16(11)20-14-9-15(18)12(2)19-10-14;1-12-5-8-14(9-6-12)19-16-11-13(17(2,3)4)7-10-15(16)18;2*1-12-6-8-14(17(3,4)5)10-16(12)19-15-9-7-13(2)18-11-15/h7-12H,1-6H3;6-11H,1-5H3;6-12H,1-5H3;6-10H,1-5H3;5-11H,1-4H3;2*6-11H,1-5H3. The first kappa shape index (κ1) is 109. The minimum atomic E-state index is -0.355. The van der Waals surface area contributed by atoms with E-state index >= 15 is 0 Å². The zero-order valence-corrected chi connectivity index (χ0v) is 88.4. The van der Waals surface area contributed by atoms with Gasteiger partial charge in [-0.25, -0.2) is 8.78 Å². The highest BCUT2D eigenvalue weighted by Gasteiger charge is 2.24. The molecule has 3 heterocycles. The smallest absolute Gasteiger partial charge is 0.165 e. The van der Waals surface area contributed by atoms with E-state index in [0.29, 0.717) is 17.2 Å². The molecule has 0 aliphatic rings. The Labute approximate surface area is 819 Å². The Morgan fingerprint density at radius 2 is 0.434 bits per heavy atom. The van der Waals surface area contributed by atoms with Gasteiger partial charge in [0.15, 0.2) is 11.6 Å². The first-order chi connectivity index (χ1) is 63.2. The number of nitrogens with zero attached hydrogens (tertiary/aromatic N) is 3. The normalized spacial score (nSPS) is 11.5. The third-order valence-electron chi connectivity index (χ3n) is 23.1. The van der Waals surface area contributed by atoms with Crippen LogP contribution >= 0.6 is 11.6 Å². The molecule has 0 N–H and O–H groups in total. The molecule has 0 fully saturated rings. The molecule has 0 aliphatic heterocycles. The van der Waals surface area contributed by atoms with Crippen molar-refractivity contribution in [3.8, 4) is 80.5 Å². The van der Waals surface area contributed by atoms with Crippen molar-refractivity contribution >= 4 is 11.6 Å². The predicted octanol–water partition coefficient (Wildman–Crippen LogP) is 36.9. The number of hydrogen-bond donors (Lipinski definition) is 0. The maximum absolute atomic E-state index is 13.8. The van der Waals surface area contributed by atoms with Crippen LogP contribution in [0.25, 0.3) is 0 Å². The SMILES string of the molecule is Cc1ccc(C(C)(C)C)cc1Oc1cnc(C)c(F)c1.Cc1ccc(Oc2cc(C(C)(C)C)ccc2C)cc1.Cc1ccc(Oc2cc(C(C)(C)C)ccc2C)cc1C.Cc1ccc(Oc2cc(C(C)(C)C)ccc2C)cc1Cl.Cc1ccc(Oc2cc(C(C)(C)C)ccc2C)cn1.Cc1ccc(Oc2cc(C(C)(C)C)ccc2C)cn1.Cc1ccc(Oc2cc(C(C)(C)C)ccc2F)cc1. The zero-order valence-electron chi connectivity index (χ0n) is 87.7. The first-order valence-corrected chi connectivity index (χ1v) is 47.3. The Kier molecular flexibility index (Phi) is 37.6. The van der Waals surface area contributed by atoms with Gasteiger partial charge >= 0.3 is 0 Å². The highest BCUT2D eigenvalue weighted by atomic mass is 35.5. The highest BCUT2D eigenvalue weighted by Crippen LogP contribution is 2.41. The molecule has 14 rings (SSSR count). The molecule has 0 amide bonds. The molecule has 0 saturated heterocycles. The van der Waals surface area contributed by atoms with Gasteiger partial charge in [-0.15, -0.1) is 0 Å². The van der Waals surface area contributed by atoms with Gasteiger partial charge in [-0.1, -0.05) is 283 Å². The van der Waals surface area contributed by atoms with Gasteiger partial charge in [0.25, 0.3) is 0 Å². The number of rotatable bonds is 14. The van der Waals surface area contributed by atoms with Crippen LogP contribution < -0.4 is 33.2 Å². The fraction of sp³-hybridized carbons (Fsp3) is 0.341. The summed E-state index contributed by atoms with van der Waals surface area (Å²) in [6.07, 6.45) is 5.07. The number of aryl methyl sites for hydroxylation is 14. The minimum absolute atomic E-state index is 0.0287. The third-order valence-corrected chi connectivity index (χ3v) is 23.6. The van der Waals surface area contributed by atoms with E-state index < -0.39 is 0 Å². The second-order valence-corrected chi connectivity index (χ2v) is 43.2. The lowest BCUT2D eigenvalue weighted by molar-refractivity contribution is 0.438. The van der Waals surface area contributed by atoms with E-state index in [9.17, 15) is 8.78 Å². The summed E-state index contributed by atoms with van der Waals surface area (Å²) in [5, 5.41) is 0.729. The van der Waals surface area contributed by atoms with Crippen molar-refractivity contribution in [2.24, 2.45) is 0 Å². The lowest BCUT2D eigenvalue weighted by atomic mass is 9.86. The zero-order chi connectivity index (χ0) is 101. The summed E-state index contributed by atoms with van der Waals surface area (Å²) in [5.74, 6) is 10.1. The van der Waals surface area contributed by atoms with E-state index in [1.807, 2.05) is 132 Å². The van der Waals surface area contributed by atoms with Gasteiger partial charge in [0.05, 0.1) is 24.3 Å². The highest BCUT2D eigenvalue weighted by molar-refractivity contribution is 6.31. The van der Waals surface area contributed by atoms with E-state index in [1.165, 1.54) is 62.2 Å². The molecule has 136 heavy (non-hydrogen) atoms. The van der Waals surface area contributed by atoms with Crippen LogP contribution in [0.4, 0.5) is 8.78 Å². The van der Waals surface area contributed by atoms with Gasteiger partial charge in [-0.2, -0.15) is 0 Å². The number of pyridine rings is 3. The monoisotopic (exact) mass is 1850 g/mol. The molecule has 0 radical (unpaired) electrons. The van der Waals surface area contributed by atoms with Crippen LogP contribution in [-0.4, -0.2) is 15.0 Å². The van der Waals surface area contributed by atoms with E-state index in [4.69, 9.17) is 44.8 Å². The second-order valence-electron chi connectivity index (χ2n) is 42.8. The lowest BCUT2D eigenvalue weighted by Crippen LogP contribution is -2.11. The molecule has 0 atom stereocenters. The van der Waals surface area contributed by atoms with Crippen molar-refractivity contribution in [2.45, 2.75) is 280 Å². The van der Waals surface area contributed by atoms with Crippen molar-refractivity contribution in [3.63, 3.8) is 0 Å². The Balaban J connectivity index is 0.000000195. The van der Waals surface area contributed by atoms with Crippen LogP contribution in [0.2, 0.25) is 5.02 Å². The van der Waals surface area contributed by atoms with E-state index in [1.54, 1.807) is 37.6 Å². The molecule has 0 saturated carbocycles. The average Bonchev–Trinajstić information content (AvgIpc) is 0.841. The van der Waals surface area contributed by atoms with Gasteiger partial charge in [-0.3, -0.25) is 15.0 Å². The third kappa shape index (κ3) is 34.2. The van der Waals surface area contributed by atoms with Crippen LogP contribution in [0.5, 0.6) is 80.5 Å². The summed E-state index contributed by atoms with van der Waals surface area (Å²) in [5.41, 5.74) is 24.3. The van der Waals surface area contributed by atoms with Gasteiger partial charge in [0, 0.05) is 22.5 Å². The summed E-state index contributed by atoms with van der Waals surface area (Å²) in [6.45, 7) is 74.0. The van der Waals surface area contributed by atoms with Crippen molar-refractivity contribution in [3.05, 3.63) is 395 Å². The molecule has 718 valence electrons. The van der Waals surface area contributed by atoms with Crippen molar-refractivity contribution in [1.29, 1.82) is 0 Å². The maximum Gasteiger partial charge on any atom is 0.165 e. The van der Waals surface area contributed by atoms with Crippen LogP contribution in [0.15, 0.2) is 261 Å². The number of ether oxygens (including phenoxy) is 7. The molecule has 11 aromatic carbocycles. The van der Waals surface area contributed by atoms with Crippen LogP contribution in [0.3, 0.4) is 0 Å². The molecule has 0 unspecified atom stereocenters. The molecular weight excluding hydrogens is 1700 g/mol. The topological polar surface area (TPSA) is 103 Å². The van der Waals surface area contributed by atoms with Crippen molar-refractivity contribution in [1.82, 2.24) is 15.0 Å². The Morgan fingerprint density at radius 1 is 0.199 bits per heavy atom. The number of benzene rings is 11. The Hall–Kier alpha value is -12.4. The lowest BCUT2D eigenvalue weighted by Gasteiger charge is -2.21. The van der Waals surface area contributed by atoms with Crippen molar-refractivity contribution in [2.75, 3.05) is 0 Å². The molecule has 0 bridgehead atoms. The molecule has 0 aliphatic carbocycles. The maximum atomic E-state index is 13.8. The van der Waals surface area contributed by atoms with Crippen LogP contribution in [0.1, 0.15) is 263 Å². The van der Waals surface area contributed by atoms with Crippen molar-refractivity contribution < 1.29 is 41.9 Å². The van der Waals surface area contributed by atoms with E-state index in [0.717, 1.165) is 130 Å². The Morgan fingerprint density at radius 3 is 0.713 bits per heavy atom. The molecule has 10 nitrogen and oxygen atoms in total. The number of hydrogen-bond acceptors (Lipinski definition) is 10. The number of aromatic nitrogens is 3.